The predicted molar refractivity (Wildman–Crippen MR) is 133 cm³/mol. The lowest BCUT2D eigenvalue weighted by Crippen LogP contribution is -2.49. The van der Waals surface area contributed by atoms with E-state index >= 15 is 0 Å². The number of anilines is 1. The summed E-state index contributed by atoms with van der Waals surface area (Å²) < 4.78 is 29.3. The molecule has 37 heavy (non-hydrogen) atoms. The first-order valence-corrected chi connectivity index (χ1v) is 11.5. The van der Waals surface area contributed by atoms with Crippen LogP contribution in [-0.2, 0) is 6.42 Å². The van der Waals surface area contributed by atoms with Crippen molar-refractivity contribution in [3.8, 4) is 0 Å². The maximum absolute atomic E-state index is 14.7. The molecule has 0 unspecified atom stereocenters. The summed E-state index contributed by atoms with van der Waals surface area (Å²) in [5.74, 6) is -2.98. The zero-order valence-electron chi connectivity index (χ0n) is 19.5. The highest BCUT2D eigenvalue weighted by Crippen LogP contribution is 2.24. The molecule has 0 saturated carbocycles. The Hall–Kier alpha value is -4.67. The molecular formula is C26H21F2N5O4. The Balaban J connectivity index is 1.34. The molecule has 3 aromatic carbocycles. The number of nitro benzene ring substituents is 1. The molecule has 1 fully saturated rings. The lowest BCUT2D eigenvalue weighted by atomic mass is 10.0. The van der Waals surface area contributed by atoms with Crippen molar-refractivity contribution in [1.29, 1.82) is 0 Å². The highest BCUT2D eigenvalue weighted by atomic mass is 19.2. The average Bonchev–Trinajstić information content (AvgIpc) is 2.92. The largest absolute Gasteiger partial charge is 0.368 e. The number of carbonyl (C=O) groups is 1. The molecule has 1 aliphatic heterocycles. The van der Waals surface area contributed by atoms with Crippen LogP contribution in [0.15, 0.2) is 65.5 Å². The maximum Gasteiger partial charge on any atom is 0.272 e. The van der Waals surface area contributed by atoms with Crippen molar-refractivity contribution in [1.82, 2.24) is 15.1 Å². The number of carbonyl (C=O) groups excluding carboxylic acids is 1. The summed E-state index contributed by atoms with van der Waals surface area (Å²) >= 11 is 0. The summed E-state index contributed by atoms with van der Waals surface area (Å²) in [6.45, 7) is 1.40. The zero-order chi connectivity index (χ0) is 26.1. The number of H-pyrrole nitrogens is 1. The number of amides is 1. The quantitative estimate of drug-likeness (QED) is 0.327. The molecule has 2 heterocycles. The molecule has 1 amide bonds. The standard InChI is InChI=1S/C26H21F2N5O4/c27-22-14-16(15-23-19-3-1-2-4-20(19)25(34)30-29-23)13-21(24(22)28)26(35)32-11-9-31(10-12-32)17-5-7-18(8-6-17)33(36)37/h1-8,13-14H,9-12,15H2,(H,30,34). The summed E-state index contributed by atoms with van der Waals surface area (Å²) in [6, 6.07) is 15.3. The van der Waals surface area contributed by atoms with Gasteiger partial charge in [0.05, 0.1) is 21.6 Å². The van der Waals surface area contributed by atoms with Gasteiger partial charge in [-0.2, -0.15) is 5.10 Å². The van der Waals surface area contributed by atoms with Gasteiger partial charge < -0.3 is 9.80 Å². The minimum atomic E-state index is -1.22. The van der Waals surface area contributed by atoms with Crippen molar-refractivity contribution in [2.24, 2.45) is 0 Å². The van der Waals surface area contributed by atoms with Gasteiger partial charge in [-0.25, -0.2) is 13.9 Å². The van der Waals surface area contributed by atoms with Crippen LogP contribution in [0.5, 0.6) is 0 Å². The van der Waals surface area contributed by atoms with Gasteiger partial charge in [-0.1, -0.05) is 18.2 Å². The number of nitrogens with one attached hydrogen (secondary N) is 1. The molecule has 188 valence electrons. The third-order valence-electron chi connectivity index (χ3n) is 6.46. The Morgan fingerprint density at radius 1 is 1.00 bits per heavy atom. The van der Waals surface area contributed by atoms with Crippen LogP contribution in [-0.4, -0.2) is 52.1 Å². The molecule has 0 atom stereocenters. The molecule has 0 spiro atoms. The molecule has 9 nitrogen and oxygen atoms in total. The highest BCUT2D eigenvalue weighted by Gasteiger charge is 2.26. The third-order valence-corrected chi connectivity index (χ3v) is 6.46. The molecule has 0 aliphatic carbocycles. The van der Waals surface area contributed by atoms with E-state index in [9.17, 15) is 28.5 Å². The van der Waals surface area contributed by atoms with Crippen LogP contribution in [0.25, 0.3) is 10.8 Å². The van der Waals surface area contributed by atoms with Gasteiger partial charge in [-0.05, 0) is 35.9 Å². The molecule has 1 saturated heterocycles. The van der Waals surface area contributed by atoms with E-state index in [-0.39, 0.29) is 36.3 Å². The van der Waals surface area contributed by atoms with E-state index in [1.165, 1.54) is 23.1 Å². The van der Waals surface area contributed by atoms with Crippen LogP contribution in [0, 0.1) is 21.7 Å². The molecule has 11 heteroatoms. The van der Waals surface area contributed by atoms with Crippen molar-refractivity contribution in [2.45, 2.75) is 6.42 Å². The van der Waals surface area contributed by atoms with Gasteiger partial charge in [0.25, 0.3) is 17.2 Å². The van der Waals surface area contributed by atoms with Gasteiger partial charge in [0.1, 0.15) is 0 Å². The second-order valence-electron chi connectivity index (χ2n) is 8.71. The van der Waals surface area contributed by atoms with Gasteiger partial charge in [-0.3, -0.25) is 19.7 Å². The first kappa shape index (κ1) is 24.0. The van der Waals surface area contributed by atoms with Crippen molar-refractivity contribution in [2.75, 3.05) is 31.1 Å². The smallest absolute Gasteiger partial charge is 0.272 e. The number of rotatable bonds is 5. The average molecular weight is 505 g/mol. The molecule has 0 bridgehead atoms. The number of hydrogen-bond acceptors (Lipinski definition) is 6. The minimum Gasteiger partial charge on any atom is -0.368 e. The maximum atomic E-state index is 14.7. The predicted octanol–water partition coefficient (Wildman–Crippen LogP) is 3.66. The van der Waals surface area contributed by atoms with Crippen LogP contribution in [0.1, 0.15) is 21.6 Å². The van der Waals surface area contributed by atoms with E-state index in [2.05, 4.69) is 10.2 Å². The molecule has 5 rings (SSSR count). The topological polar surface area (TPSA) is 112 Å². The Morgan fingerprint density at radius 2 is 1.68 bits per heavy atom. The van der Waals surface area contributed by atoms with E-state index in [4.69, 9.17) is 0 Å². The molecule has 0 radical (unpaired) electrons. The molecule has 1 aliphatic rings. The summed E-state index contributed by atoms with van der Waals surface area (Å²) in [6.07, 6.45) is 0.0860. The summed E-state index contributed by atoms with van der Waals surface area (Å²) in [5, 5.41) is 18.4. The first-order chi connectivity index (χ1) is 17.8. The lowest BCUT2D eigenvalue weighted by molar-refractivity contribution is -0.384. The van der Waals surface area contributed by atoms with Crippen molar-refractivity contribution >= 4 is 28.1 Å². The molecule has 1 aromatic heterocycles. The van der Waals surface area contributed by atoms with Crippen LogP contribution < -0.4 is 10.5 Å². The Morgan fingerprint density at radius 3 is 2.35 bits per heavy atom. The Bertz CT molecular complexity index is 1560. The number of benzene rings is 3. The number of nitro groups is 1. The number of piperazine rings is 1. The second-order valence-corrected chi connectivity index (χ2v) is 8.71. The van der Waals surface area contributed by atoms with Crippen LogP contribution >= 0.6 is 0 Å². The molecule has 4 aromatic rings. The second kappa shape index (κ2) is 9.76. The van der Waals surface area contributed by atoms with E-state index in [0.717, 1.165) is 11.8 Å². The van der Waals surface area contributed by atoms with E-state index in [1.54, 1.807) is 36.4 Å². The number of nitrogens with zero attached hydrogens (tertiary/aromatic N) is 4. The fourth-order valence-corrected chi connectivity index (χ4v) is 4.53. The SMILES string of the molecule is O=C(c1cc(Cc2n[nH]c(=O)c3ccccc23)cc(F)c1F)N1CCN(c2ccc([N+](=O)[O-])cc2)CC1. The number of aromatic nitrogens is 2. The summed E-state index contributed by atoms with van der Waals surface area (Å²) in [5.41, 5.74) is 0.853. The summed E-state index contributed by atoms with van der Waals surface area (Å²) in [4.78, 5) is 39.0. The molecular weight excluding hydrogens is 484 g/mol. The van der Waals surface area contributed by atoms with Crippen molar-refractivity contribution < 1.29 is 18.5 Å². The van der Waals surface area contributed by atoms with Gasteiger partial charge in [0.15, 0.2) is 11.6 Å². The molecule has 1 N–H and O–H groups in total. The Labute approximate surface area is 209 Å². The third kappa shape index (κ3) is 4.75. The van der Waals surface area contributed by atoms with Crippen LogP contribution in [0.2, 0.25) is 0 Å². The Kier molecular flexibility index (Phi) is 6.34. The minimum absolute atomic E-state index is 0.0139. The van der Waals surface area contributed by atoms with E-state index in [0.29, 0.717) is 35.1 Å². The van der Waals surface area contributed by atoms with Gasteiger partial charge in [0, 0.05) is 55.8 Å². The van der Waals surface area contributed by atoms with Crippen molar-refractivity contribution in [3.63, 3.8) is 0 Å². The number of hydrogen-bond donors (Lipinski definition) is 1. The summed E-state index contributed by atoms with van der Waals surface area (Å²) in [7, 11) is 0. The normalized spacial score (nSPS) is 13.7. The van der Waals surface area contributed by atoms with Crippen LogP contribution in [0.3, 0.4) is 0 Å². The number of halogens is 2. The number of aromatic amines is 1. The van der Waals surface area contributed by atoms with Crippen LogP contribution in [0.4, 0.5) is 20.2 Å². The highest BCUT2D eigenvalue weighted by molar-refractivity contribution is 5.95. The van der Waals surface area contributed by atoms with E-state index < -0.39 is 22.5 Å². The number of non-ortho nitro benzene ring substituents is 1. The lowest BCUT2D eigenvalue weighted by Gasteiger charge is -2.36. The van der Waals surface area contributed by atoms with Gasteiger partial charge in [-0.15, -0.1) is 0 Å². The number of fused-ring (bicyclic) bond motifs is 1. The van der Waals surface area contributed by atoms with Crippen molar-refractivity contribution in [3.05, 3.63) is 110 Å². The monoisotopic (exact) mass is 505 g/mol. The first-order valence-electron chi connectivity index (χ1n) is 11.5. The zero-order valence-corrected chi connectivity index (χ0v) is 19.5. The van der Waals surface area contributed by atoms with Gasteiger partial charge >= 0.3 is 0 Å². The van der Waals surface area contributed by atoms with Gasteiger partial charge in [0.2, 0.25) is 0 Å². The fraction of sp³-hybridized carbons (Fsp3) is 0.192. The fourth-order valence-electron chi connectivity index (χ4n) is 4.53. The van der Waals surface area contributed by atoms with E-state index in [1.807, 2.05) is 4.90 Å².